The van der Waals surface area contributed by atoms with Crippen molar-refractivity contribution in [2.75, 3.05) is 24.2 Å². The molecule has 0 amide bonds. The number of anilines is 2. The number of nitrogens with one attached hydrogen (secondary N) is 2. The third-order valence-electron chi connectivity index (χ3n) is 7.36. The first-order valence-electron chi connectivity index (χ1n) is 13.4. The Kier molecular flexibility index (Phi) is 7.65. The minimum atomic E-state index is -4.86. The van der Waals surface area contributed by atoms with E-state index in [1.807, 2.05) is 0 Å². The van der Waals surface area contributed by atoms with Gasteiger partial charge in [-0.2, -0.15) is 9.97 Å². The van der Waals surface area contributed by atoms with Gasteiger partial charge in [0.15, 0.2) is 53.7 Å². The van der Waals surface area contributed by atoms with Crippen LogP contribution in [-0.4, -0.2) is 110 Å². The molecule has 4 aromatic rings. The minimum Gasteiger partial charge on any atom is -0.385 e. The van der Waals surface area contributed by atoms with E-state index in [0.29, 0.717) is 0 Å². The van der Waals surface area contributed by atoms with Crippen molar-refractivity contribution in [3.63, 3.8) is 0 Å². The smallest absolute Gasteiger partial charge is 0.354 e. The fraction of sp³-hybridized carbons (Fsp3) is 0.476. The monoisotopic (exact) mass is 702 g/mol. The first kappa shape index (κ1) is 31.7. The summed E-state index contributed by atoms with van der Waals surface area (Å²) in [6.45, 7) is 0. The Balaban J connectivity index is 1.19. The van der Waals surface area contributed by atoms with Gasteiger partial charge in [-0.25, -0.2) is 9.97 Å². The molecule has 24 nitrogen and oxygen atoms in total. The fourth-order valence-corrected chi connectivity index (χ4v) is 7.47. The van der Waals surface area contributed by atoms with Crippen LogP contribution in [0.5, 0.6) is 0 Å². The van der Waals surface area contributed by atoms with Gasteiger partial charge in [0.1, 0.15) is 30.8 Å². The molecule has 3 saturated heterocycles. The summed E-state index contributed by atoms with van der Waals surface area (Å²) in [7, 11) is -9.39. The maximum atomic E-state index is 13.6. The number of ether oxygens (including phenoxy) is 4. The Labute approximate surface area is 258 Å². The Morgan fingerprint density at radius 1 is 0.830 bits per heavy atom. The summed E-state index contributed by atoms with van der Waals surface area (Å²) in [5, 5.41) is 22.4. The van der Waals surface area contributed by atoms with Gasteiger partial charge in [-0.15, -0.1) is 0 Å². The highest BCUT2D eigenvalue weighted by molar-refractivity contribution is 7.73. The van der Waals surface area contributed by atoms with E-state index >= 15 is 0 Å². The predicted octanol–water partition coefficient (Wildman–Crippen LogP) is -2.77. The molecule has 0 spiro atoms. The van der Waals surface area contributed by atoms with Gasteiger partial charge < -0.3 is 50.0 Å². The first-order chi connectivity index (χ1) is 22.3. The van der Waals surface area contributed by atoms with Gasteiger partial charge >= 0.3 is 7.60 Å². The number of imidazole rings is 2. The first-order valence-corrected chi connectivity index (χ1v) is 17.0. The quantitative estimate of drug-likeness (QED) is 0.0839. The third-order valence-corrected chi connectivity index (χ3v) is 9.84. The number of hydrogen-bond acceptors (Lipinski definition) is 19. The average molecular weight is 702 g/mol. The Morgan fingerprint density at radius 3 is 1.79 bits per heavy atom. The largest absolute Gasteiger partial charge is 0.385 e. The number of aliphatic hydroxyl groups is 2. The number of nitrogen functional groups attached to an aromatic ring is 2. The van der Waals surface area contributed by atoms with Gasteiger partial charge in [-0.3, -0.25) is 47.1 Å². The highest BCUT2D eigenvalue weighted by Gasteiger charge is 2.54. The second-order valence-corrected chi connectivity index (χ2v) is 14.4. The van der Waals surface area contributed by atoms with Gasteiger partial charge in [0, 0.05) is 0 Å². The van der Waals surface area contributed by atoms with Gasteiger partial charge in [0.2, 0.25) is 17.9 Å². The van der Waals surface area contributed by atoms with E-state index in [1.54, 1.807) is 0 Å². The molecular formula is C21H24N10O14P2. The van der Waals surface area contributed by atoms with Crippen LogP contribution in [0.15, 0.2) is 22.2 Å². The van der Waals surface area contributed by atoms with E-state index < -0.39 is 88.2 Å². The summed E-state index contributed by atoms with van der Waals surface area (Å²) in [4.78, 5) is 67.6. The van der Waals surface area contributed by atoms with Crippen molar-refractivity contribution >= 4 is 55.2 Å². The molecule has 3 aliphatic heterocycles. The van der Waals surface area contributed by atoms with Crippen molar-refractivity contribution in [1.82, 2.24) is 39.0 Å². The lowest BCUT2D eigenvalue weighted by atomic mass is 10.2. The number of fused-ring (bicyclic) bond motifs is 4. The number of H-pyrrole nitrogens is 2. The van der Waals surface area contributed by atoms with Crippen LogP contribution >= 0.6 is 15.0 Å². The van der Waals surface area contributed by atoms with E-state index in [-0.39, 0.29) is 40.3 Å². The zero-order valence-corrected chi connectivity index (χ0v) is 25.1. The lowest BCUT2D eigenvalue weighted by Crippen LogP contribution is -2.38. The summed E-state index contributed by atoms with van der Waals surface area (Å²) in [5.74, 6) is -0.576. The molecule has 3 fully saturated rings. The molecule has 3 aliphatic rings. The van der Waals surface area contributed by atoms with Crippen molar-refractivity contribution in [2.24, 2.45) is 0 Å². The molecule has 9 N–H and O–H groups in total. The molecule has 0 aromatic carbocycles. The lowest BCUT2D eigenvalue weighted by Gasteiger charge is -2.28. The second kappa shape index (κ2) is 11.4. The molecule has 47 heavy (non-hydrogen) atoms. The van der Waals surface area contributed by atoms with Crippen LogP contribution in [0.4, 0.5) is 11.9 Å². The highest BCUT2D eigenvalue weighted by atomic mass is 31.2. The van der Waals surface area contributed by atoms with Crippen molar-refractivity contribution < 1.29 is 57.0 Å². The van der Waals surface area contributed by atoms with Crippen molar-refractivity contribution in [2.45, 2.75) is 49.5 Å². The predicted molar refractivity (Wildman–Crippen MR) is 151 cm³/mol. The molecule has 7 rings (SSSR count). The summed E-state index contributed by atoms with van der Waals surface area (Å²) < 4.78 is 62.2. The fourth-order valence-electron chi connectivity index (χ4n) is 5.31. The summed E-state index contributed by atoms with van der Waals surface area (Å²) in [5.41, 5.74) is 9.24. The van der Waals surface area contributed by atoms with Crippen LogP contribution in [0, 0.1) is 0 Å². The standard InChI is InChI=1S/C21H24N10O14P2/c22-20-26-12-6(14(35)28-20)24-1-30(12)16-8(33)10-18(42-16)41-5-47(38,39)45-11-9(34)17(43-19(11)40-4-46(37,3-32)44-10)31-2-25-7-13(31)27-21(23)29-15(7)36/h1-3,8-11,16-19,33-34H,4-5H2,(H,38,39)(H3,22,26,28,35)(H3,23,27,29,36)/t8?,9?,10?,11?,16-,17-,18+,19+,46?/m1/s1. The molecular weight excluding hydrogens is 678 g/mol. The number of aliphatic hydroxyl groups excluding tert-OH is 2. The van der Waals surface area contributed by atoms with E-state index in [9.17, 15) is 38.6 Å². The van der Waals surface area contributed by atoms with Gasteiger partial charge in [0.25, 0.3) is 18.5 Å². The molecule has 0 saturated carbocycles. The number of rotatable bonds is 3. The zero-order chi connectivity index (χ0) is 33.4. The van der Waals surface area contributed by atoms with Gasteiger partial charge in [0.05, 0.1) is 12.7 Å². The Bertz CT molecular complexity index is 2100. The lowest BCUT2D eigenvalue weighted by molar-refractivity contribution is -0.176. The van der Waals surface area contributed by atoms with Gasteiger partial charge in [-0.05, 0) is 0 Å². The second-order valence-electron chi connectivity index (χ2n) is 10.5. The third kappa shape index (κ3) is 5.48. The number of carbonyl (C=O) groups is 1. The molecule has 4 aromatic heterocycles. The van der Waals surface area contributed by atoms with E-state index in [0.717, 1.165) is 21.8 Å². The Morgan fingerprint density at radius 2 is 1.30 bits per heavy atom. The normalized spacial score (nSPS) is 36.5. The number of nitrogens with zero attached hydrogens (tertiary/aromatic N) is 6. The molecule has 7 heterocycles. The number of aromatic amines is 2. The summed E-state index contributed by atoms with van der Waals surface area (Å²) >= 11 is 0. The van der Waals surface area contributed by atoms with E-state index in [2.05, 4.69) is 29.9 Å². The number of aromatic nitrogens is 8. The molecule has 26 heteroatoms. The average Bonchev–Trinajstić information content (AvgIpc) is 3.76. The molecule has 6 unspecified atom stereocenters. The topological polar surface area (TPSA) is 346 Å². The van der Waals surface area contributed by atoms with Crippen LogP contribution in [0.1, 0.15) is 12.5 Å². The summed E-state index contributed by atoms with van der Waals surface area (Å²) in [6.07, 6.45) is -13.8. The maximum Gasteiger partial charge on any atom is 0.354 e. The molecule has 10 atom stereocenters. The van der Waals surface area contributed by atoms with Crippen molar-refractivity contribution in [1.29, 1.82) is 0 Å². The van der Waals surface area contributed by atoms with Crippen LogP contribution < -0.4 is 22.6 Å². The molecule has 0 aliphatic carbocycles. The summed E-state index contributed by atoms with van der Waals surface area (Å²) in [6, 6.07) is -0.0672. The van der Waals surface area contributed by atoms with Crippen LogP contribution in [-0.2, 0) is 41.9 Å². The Hall–Kier alpha value is -3.93. The number of nitrogens with two attached hydrogens (primary N) is 2. The number of carbonyl (C=O) groups excluding carboxylic acids is 1. The van der Waals surface area contributed by atoms with Crippen LogP contribution in [0.25, 0.3) is 22.3 Å². The van der Waals surface area contributed by atoms with Gasteiger partial charge in [-0.1, -0.05) is 0 Å². The zero-order valence-electron chi connectivity index (χ0n) is 23.3. The van der Waals surface area contributed by atoms with Crippen molar-refractivity contribution in [3.05, 3.63) is 33.4 Å². The molecule has 252 valence electrons. The molecule has 0 bridgehead atoms. The highest BCUT2D eigenvalue weighted by Crippen LogP contribution is 2.53. The maximum absolute atomic E-state index is 13.6. The van der Waals surface area contributed by atoms with Crippen LogP contribution in [0.2, 0.25) is 0 Å². The van der Waals surface area contributed by atoms with Crippen molar-refractivity contribution in [3.8, 4) is 0 Å². The SMILES string of the molecule is Nc1nc2c(ncn2[C@@H]2O[C@@H]3OCP(=O)(C=O)OC4C(O)[C@H](n5cnc6c(=O)[nH]c(N)nc65)O[C@@H]4OCP(=O)(O)OC3C2O)c(=O)[nH]1. The minimum absolute atomic E-state index is 0.0672. The van der Waals surface area contributed by atoms with Crippen LogP contribution in [0.3, 0.4) is 0 Å². The number of hydrogen-bond donors (Lipinski definition) is 7. The van der Waals surface area contributed by atoms with E-state index in [4.69, 9.17) is 39.5 Å². The molecule has 0 radical (unpaired) electrons. The van der Waals surface area contributed by atoms with E-state index in [1.165, 1.54) is 0 Å².